The van der Waals surface area contributed by atoms with E-state index in [9.17, 15) is 9.18 Å². The third kappa shape index (κ3) is 4.74. The van der Waals surface area contributed by atoms with E-state index in [1.165, 1.54) is 29.8 Å². The van der Waals surface area contributed by atoms with E-state index in [0.717, 1.165) is 17.1 Å². The quantitative estimate of drug-likeness (QED) is 0.651. The van der Waals surface area contributed by atoms with Crippen molar-refractivity contribution in [3.63, 3.8) is 0 Å². The van der Waals surface area contributed by atoms with E-state index in [1.54, 1.807) is 4.90 Å². The van der Waals surface area contributed by atoms with Crippen molar-refractivity contribution in [2.45, 2.75) is 6.92 Å². The van der Waals surface area contributed by atoms with Gasteiger partial charge in [0.1, 0.15) is 11.6 Å². The predicted molar refractivity (Wildman–Crippen MR) is 113 cm³/mol. The number of hydrogen-bond acceptors (Lipinski definition) is 5. The molecule has 0 radical (unpaired) electrons. The van der Waals surface area contributed by atoms with Crippen LogP contribution >= 0.6 is 0 Å². The van der Waals surface area contributed by atoms with E-state index in [0.29, 0.717) is 31.9 Å². The molecule has 0 bridgehead atoms. The molecule has 0 aliphatic carbocycles. The first-order chi connectivity index (χ1) is 14.6. The molecule has 3 aromatic rings. The molecule has 0 spiro atoms. The second kappa shape index (κ2) is 8.90. The van der Waals surface area contributed by atoms with Crippen LogP contribution in [0.1, 0.15) is 5.56 Å². The van der Waals surface area contributed by atoms with Crippen molar-refractivity contribution < 1.29 is 13.9 Å². The smallest absolute Gasteiger partial charge is 0.260 e. The lowest BCUT2D eigenvalue weighted by Crippen LogP contribution is -2.50. The lowest BCUT2D eigenvalue weighted by molar-refractivity contribution is -0.133. The van der Waals surface area contributed by atoms with E-state index in [4.69, 9.17) is 4.74 Å². The molecule has 4 rings (SSSR count). The Morgan fingerprint density at radius 2 is 1.63 bits per heavy atom. The number of ether oxygens (including phenoxy) is 1. The van der Waals surface area contributed by atoms with Crippen LogP contribution in [0.3, 0.4) is 0 Å². The molecule has 0 unspecified atom stereocenters. The summed E-state index contributed by atoms with van der Waals surface area (Å²) in [6, 6.07) is 17.8. The highest BCUT2D eigenvalue weighted by Crippen LogP contribution is 2.20. The molecule has 1 fully saturated rings. The maximum Gasteiger partial charge on any atom is 0.260 e. The van der Waals surface area contributed by atoms with Crippen LogP contribution in [0.2, 0.25) is 0 Å². The lowest BCUT2D eigenvalue weighted by Gasteiger charge is -2.35. The van der Waals surface area contributed by atoms with E-state index < -0.39 is 0 Å². The first-order valence-corrected chi connectivity index (χ1v) is 9.90. The highest BCUT2D eigenvalue weighted by molar-refractivity contribution is 5.78. The van der Waals surface area contributed by atoms with Crippen molar-refractivity contribution in [3.05, 3.63) is 72.0 Å². The monoisotopic (exact) mass is 406 g/mol. The van der Waals surface area contributed by atoms with Crippen LogP contribution in [-0.4, -0.2) is 53.8 Å². The van der Waals surface area contributed by atoms with Crippen LogP contribution < -0.4 is 9.64 Å². The molecule has 0 N–H and O–H groups in total. The number of benzene rings is 2. The van der Waals surface area contributed by atoms with Gasteiger partial charge in [0, 0.05) is 31.7 Å². The summed E-state index contributed by atoms with van der Waals surface area (Å²) >= 11 is 0. The van der Waals surface area contributed by atoms with Crippen LogP contribution in [0, 0.1) is 12.7 Å². The Hall–Kier alpha value is -3.48. The molecule has 2 aromatic carbocycles. The Morgan fingerprint density at radius 1 is 0.933 bits per heavy atom. The second-order valence-electron chi connectivity index (χ2n) is 7.25. The van der Waals surface area contributed by atoms with Crippen molar-refractivity contribution in [1.29, 1.82) is 0 Å². The highest BCUT2D eigenvalue weighted by atomic mass is 19.1. The molecule has 1 amide bonds. The summed E-state index contributed by atoms with van der Waals surface area (Å²) in [5.41, 5.74) is 3.08. The number of carbonyl (C=O) groups is 1. The Morgan fingerprint density at radius 3 is 2.27 bits per heavy atom. The molecule has 1 aliphatic heterocycles. The van der Waals surface area contributed by atoms with Crippen LogP contribution in [0.25, 0.3) is 11.3 Å². The number of carbonyl (C=O) groups excluding carboxylic acids is 1. The molecule has 30 heavy (non-hydrogen) atoms. The van der Waals surface area contributed by atoms with Gasteiger partial charge in [-0.15, -0.1) is 10.2 Å². The zero-order valence-electron chi connectivity index (χ0n) is 16.8. The molecule has 1 aromatic heterocycles. The Balaban J connectivity index is 1.29. The van der Waals surface area contributed by atoms with Crippen LogP contribution in [-0.2, 0) is 4.79 Å². The number of halogens is 1. The Bertz CT molecular complexity index is 983. The van der Waals surface area contributed by atoms with Crippen LogP contribution in [0.5, 0.6) is 5.75 Å². The van der Waals surface area contributed by atoms with Gasteiger partial charge in [-0.1, -0.05) is 29.8 Å². The first kappa shape index (κ1) is 19.8. The van der Waals surface area contributed by atoms with Gasteiger partial charge in [0.05, 0.1) is 5.69 Å². The maximum atomic E-state index is 12.9. The van der Waals surface area contributed by atoms with E-state index in [1.807, 2.05) is 24.3 Å². The van der Waals surface area contributed by atoms with Gasteiger partial charge in [-0.2, -0.15) is 0 Å². The van der Waals surface area contributed by atoms with Crippen LogP contribution in [0.4, 0.5) is 10.2 Å². The number of anilines is 1. The first-order valence-electron chi connectivity index (χ1n) is 9.90. The van der Waals surface area contributed by atoms with Gasteiger partial charge in [-0.3, -0.25) is 4.79 Å². The summed E-state index contributed by atoms with van der Waals surface area (Å²) in [6.07, 6.45) is 0. The van der Waals surface area contributed by atoms with Gasteiger partial charge >= 0.3 is 0 Å². The lowest BCUT2D eigenvalue weighted by atomic mass is 10.1. The minimum absolute atomic E-state index is 0.0588. The average Bonchev–Trinajstić information content (AvgIpc) is 2.79. The number of rotatable bonds is 5. The van der Waals surface area contributed by atoms with Gasteiger partial charge in [0.25, 0.3) is 5.91 Å². The van der Waals surface area contributed by atoms with Gasteiger partial charge in [-0.05, 0) is 43.3 Å². The minimum atomic E-state index is -0.334. The van der Waals surface area contributed by atoms with E-state index in [-0.39, 0.29) is 18.3 Å². The summed E-state index contributed by atoms with van der Waals surface area (Å²) in [7, 11) is 0. The second-order valence-corrected chi connectivity index (χ2v) is 7.25. The van der Waals surface area contributed by atoms with Gasteiger partial charge in [-0.25, -0.2) is 4.39 Å². The largest absolute Gasteiger partial charge is 0.484 e. The summed E-state index contributed by atoms with van der Waals surface area (Å²) < 4.78 is 18.4. The molecule has 2 heterocycles. The molecule has 1 saturated heterocycles. The third-order valence-electron chi connectivity index (χ3n) is 5.13. The van der Waals surface area contributed by atoms with Gasteiger partial charge in [0.2, 0.25) is 0 Å². The zero-order valence-corrected chi connectivity index (χ0v) is 16.8. The summed E-state index contributed by atoms with van der Waals surface area (Å²) in [5.74, 6) is 0.868. The topological polar surface area (TPSA) is 58.6 Å². The normalized spacial score (nSPS) is 13.9. The van der Waals surface area contributed by atoms with Crippen molar-refractivity contribution in [2.24, 2.45) is 0 Å². The van der Waals surface area contributed by atoms with Crippen LogP contribution in [0.15, 0.2) is 60.7 Å². The van der Waals surface area contributed by atoms with Crippen molar-refractivity contribution >= 4 is 11.7 Å². The number of nitrogens with zero attached hydrogens (tertiary/aromatic N) is 4. The Kier molecular flexibility index (Phi) is 5.88. The van der Waals surface area contributed by atoms with Crippen molar-refractivity contribution in [2.75, 3.05) is 37.7 Å². The molecular formula is C23H23FN4O2. The fraction of sp³-hybridized carbons (Fsp3) is 0.261. The minimum Gasteiger partial charge on any atom is -0.484 e. The number of aryl methyl sites for hydroxylation is 1. The molecule has 154 valence electrons. The number of aromatic nitrogens is 2. The predicted octanol–water partition coefficient (Wildman–Crippen LogP) is 3.32. The summed E-state index contributed by atoms with van der Waals surface area (Å²) in [5, 5.41) is 8.73. The molecule has 1 aliphatic rings. The number of hydrogen-bond donors (Lipinski definition) is 0. The molecule has 6 nitrogen and oxygen atoms in total. The van der Waals surface area contributed by atoms with E-state index >= 15 is 0 Å². The van der Waals surface area contributed by atoms with Crippen molar-refractivity contribution in [1.82, 2.24) is 15.1 Å². The number of piperazine rings is 1. The molecule has 0 saturated carbocycles. The molecular weight excluding hydrogens is 383 g/mol. The fourth-order valence-corrected chi connectivity index (χ4v) is 3.32. The standard InChI is InChI=1S/C23H23FN4O2/c1-17-2-4-18(5-3-17)21-10-11-22(26-25-21)27-12-14-28(15-13-27)23(29)16-30-20-8-6-19(24)7-9-20/h2-11H,12-16H2,1H3. The molecule has 7 heteroatoms. The zero-order chi connectivity index (χ0) is 20.9. The Labute approximate surface area is 174 Å². The fourth-order valence-electron chi connectivity index (χ4n) is 3.32. The van der Waals surface area contributed by atoms with Gasteiger partial charge < -0.3 is 14.5 Å². The maximum absolute atomic E-state index is 12.9. The molecule has 0 atom stereocenters. The average molecular weight is 406 g/mol. The summed E-state index contributed by atoms with van der Waals surface area (Å²) in [6.45, 7) is 4.54. The van der Waals surface area contributed by atoms with E-state index in [2.05, 4.69) is 34.2 Å². The van der Waals surface area contributed by atoms with Crippen molar-refractivity contribution in [3.8, 4) is 17.0 Å². The third-order valence-corrected chi connectivity index (χ3v) is 5.13. The number of amides is 1. The van der Waals surface area contributed by atoms with Gasteiger partial charge in [0.15, 0.2) is 12.4 Å². The SMILES string of the molecule is Cc1ccc(-c2ccc(N3CCN(C(=O)COc4ccc(F)cc4)CC3)nn2)cc1. The highest BCUT2D eigenvalue weighted by Gasteiger charge is 2.22. The summed E-state index contributed by atoms with van der Waals surface area (Å²) in [4.78, 5) is 16.3.